The van der Waals surface area contributed by atoms with Crippen LogP contribution < -0.4 is 5.32 Å². The lowest BCUT2D eigenvalue weighted by Crippen LogP contribution is -2.54. The number of hydrogen-bond donors (Lipinski definition) is 5. The highest BCUT2D eigenvalue weighted by Crippen LogP contribution is 2.31. The van der Waals surface area contributed by atoms with Gasteiger partial charge in [-0.25, -0.2) is 0 Å². The maximum Gasteiger partial charge on any atom is 0.323 e. The van der Waals surface area contributed by atoms with Crippen molar-refractivity contribution in [3.63, 3.8) is 0 Å². The summed E-state index contributed by atoms with van der Waals surface area (Å²) < 4.78 is 33.5. The molecule has 0 aromatic heterocycles. The Morgan fingerprint density at radius 3 is 0.800 bits per heavy atom. The molecule has 3 heterocycles. The summed E-state index contributed by atoms with van der Waals surface area (Å²) in [6.07, 6.45) is -1.18. The first-order valence-electron chi connectivity index (χ1n) is 31.9. The van der Waals surface area contributed by atoms with Crippen LogP contribution in [0.5, 0.6) is 0 Å². The summed E-state index contributed by atoms with van der Waals surface area (Å²) in [4.78, 5) is 117. The third-order valence-electron chi connectivity index (χ3n) is 14.7. The number of nitrogens with one attached hydrogen (secondary N) is 1. The van der Waals surface area contributed by atoms with Crippen LogP contribution in [0.1, 0.15) is 137 Å². The van der Waals surface area contributed by atoms with E-state index in [0.717, 1.165) is 0 Å². The number of ether oxygens (including phenoxy) is 6. The zero-order valence-corrected chi connectivity index (χ0v) is 57.7. The van der Waals surface area contributed by atoms with Crippen LogP contribution >= 0.6 is 0 Å². The number of hydrogen-bond acceptors (Lipinski definition) is 25. The maximum atomic E-state index is 12.9. The summed E-state index contributed by atoms with van der Waals surface area (Å²) in [6.45, 7) is 39.8. The van der Waals surface area contributed by atoms with Gasteiger partial charge in [-0.15, -0.1) is 0 Å². The Balaban J connectivity index is 0.000000470. The molecule has 4 aliphatic rings. The zero-order valence-electron chi connectivity index (χ0n) is 57.7. The summed E-state index contributed by atoms with van der Waals surface area (Å²) in [5, 5.41) is 44.2. The Kier molecular flexibility index (Phi) is 30.9. The van der Waals surface area contributed by atoms with E-state index in [-0.39, 0.29) is 81.6 Å². The highest BCUT2D eigenvalue weighted by Gasteiger charge is 2.44. The van der Waals surface area contributed by atoms with Gasteiger partial charge in [0.1, 0.15) is 39.6 Å². The average Bonchev–Trinajstić information content (AvgIpc) is 1.74. The van der Waals surface area contributed by atoms with Crippen LogP contribution in [-0.4, -0.2) is 322 Å². The monoisotopic (exact) mass is 1290 g/mol. The fourth-order valence-electron chi connectivity index (χ4n) is 11.0. The van der Waals surface area contributed by atoms with Crippen molar-refractivity contribution < 1.29 is 87.2 Å². The Labute approximate surface area is 535 Å². The van der Waals surface area contributed by atoms with Crippen LogP contribution in [-0.2, 0) is 66.8 Å². The zero-order chi connectivity index (χ0) is 68.3. The molecule has 3 saturated heterocycles. The van der Waals surface area contributed by atoms with E-state index in [0.29, 0.717) is 118 Å². The summed E-state index contributed by atoms with van der Waals surface area (Å²) >= 11 is 0. The van der Waals surface area contributed by atoms with Crippen molar-refractivity contribution in [2.75, 3.05) is 151 Å². The first-order valence-corrected chi connectivity index (χ1v) is 31.9. The largest absolute Gasteiger partial charge is 0.481 e. The van der Waals surface area contributed by atoms with Crippen molar-refractivity contribution >= 4 is 47.8 Å². The van der Waals surface area contributed by atoms with Gasteiger partial charge < -0.3 is 54.2 Å². The van der Waals surface area contributed by atoms with Crippen molar-refractivity contribution in [2.45, 2.75) is 201 Å². The third kappa shape index (κ3) is 32.7. The molecule has 520 valence electrons. The second kappa shape index (κ2) is 35.0. The van der Waals surface area contributed by atoms with E-state index in [1.54, 1.807) is 0 Å². The summed E-state index contributed by atoms with van der Waals surface area (Å²) in [5.74, 6) is -5.05. The molecule has 4 fully saturated rings. The van der Waals surface area contributed by atoms with Crippen molar-refractivity contribution in [3.05, 3.63) is 0 Å². The molecule has 0 aromatic carbocycles. The average molecular weight is 1290 g/mol. The van der Waals surface area contributed by atoms with E-state index in [4.69, 9.17) is 28.4 Å². The van der Waals surface area contributed by atoms with Crippen LogP contribution in [0.3, 0.4) is 0 Å². The number of carboxylic acids is 2. The van der Waals surface area contributed by atoms with E-state index in [1.165, 1.54) is 0 Å². The van der Waals surface area contributed by atoms with Gasteiger partial charge in [0.05, 0.1) is 63.4 Å². The predicted molar refractivity (Wildman–Crippen MR) is 336 cm³/mol. The molecule has 4 rings (SSSR count). The van der Waals surface area contributed by atoms with E-state index in [9.17, 15) is 58.8 Å². The molecular weight excluding hydrogens is 1170 g/mol. The van der Waals surface area contributed by atoms with Crippen LogP contribution in [0.25, 0.3) is 0 Å². The molecule has 0 amide bonds. The molecule has 27 heteroatoms. The van der Waals surface area contributed by atoms with Gasteiger partial charge in [0, 0.05) is 117 Å². The van der Waals surface area contributed by atoms with Gasteiger partial charge in [-0.05, 0) is 137 Å². The lowest BCUT2D eigenvalue weighted by molar-refractivity contribution is -0.158. The first kappa shape index (κ1) is 79.6. The van der Waals surface area contributed by atoms with Crippen LogP contribution in [0.15, 0.2) is 0 Å². The van der Waals surface area contributed by atoms with Crippen LogP contribution in [0, 0.1) is 5.92 Å². The lowest BCUT2D eigenvalue weighted by Gasteiger charge is -2.38. The van der Waals surface area contributed by atoms with E-state index >= 15 is 0 Å². The summed E-state index contributed by atoms with van der Waals surface area (Å²) in [6, 6.07) is -2.17. The number of carbonyl (C=O) groups is 8. The van der Waals surface area contributed by atoms with Gasteiger partial charge >= 0.3 is 47.8 Å². The molecule has 90 heavy (non-hydrogen) atoms. The highest BCUT2D eigenvalue weighted by atomic mass is 16.6. The third-order valence-corrected chi connectivity index (χ3v) is 14.7. The molecule has 1 saturated carbocycles. The minimum atomic E-state index is -1.14. The molecule has 6 atom stereocenters. The van der Waals surface area contributed by atoms with Crippen molar-refractivity contribution in [1.29, 1.82) is 0 Å². The molecule has 0 aromatic rings. The quantitative estimate of drug-likeness (QED) is 0.108. The topological polar surface area (TPSA) is 311 Å². The Bertz CT molecular complexity index is 2230. The smallest absolute Gasteiger partial charge is 0.323 e. The molecule has 5 N–H and O–H groups in total. The minimum absolute atomic E-state index is 0.0196. The SMILES string of the molecule is CC(C)(C)OC(=O)CN1CCN(CC(=O)OC(C)(C)C)CCN([C@@H]2CN[C@@H](C(=O)O)[C@H]2O)CCN(CC(=O)OC(C)(C)C)CC1.CC(C)(C)OC(=O)CN1CCN(CC(=O)OC(C)(C)C)CCN([C@@H]2[C@@H](O)CC[C@H]2C(=O)O)CCN(CC(=O)OC(C)(C)C)CC1. The Morgan fingerprint density at radius 2 is 0.589 bits per heavy atom. The fourth-order valence-corrected chi connectivity index (χ4v) is 11.0. The summed E-state index contributed by atoms with van der Waals surface area (Å²) in [5.41, 5.74) is -3.89. The maximum absolute atomic E-state index is 12.9. The molecule has 0 spiro atoms. The van der Waals surface area contributed by atoms with Crippen LogP contribution in [0.2, 0.25) is 0 Å². The molecule has 3 aliphatic heterocycles. The number of esters is 6. The molecule has 0 radical (unpaired) electrons. The minimum Gasteiger partial charge on any atom is -0.481 e. The normalized spacial score (nSPS) is 24.4. The number of carboxylic acid groups (broad SMARTS) is 2. The fraction of sp³-hybridized carbons (Fsp3) is 0.873. The number of carbonyl (C=O) groups excluding carboxylic acids is 6. The van der Waals surface area contributed by atoms with E-state index in [1.807, 2.05) is 164 Å². The first-order chi connectivity index (χ1) is 41.2. The molecule has 1 aliphatic carbocycles. The van der Waals surface area contributed by atoms with Gasteiger partial charge in [0.2, 0.25) is 0 Å². The van der Waals surface area contributed by atoms with Crippen LogP contribution in [0.4, 0.5) is 0 Å². The predicted octanol–water partition coefficient (Wildman–Crippen LogP) is 1.48. The highest BCUT2D eigenvalue weighted by molar-refractivity contribution is 5.76. The number of aliphatic hydroxyl groups is 2. The van der Waals surface area contributed by atoms with E-state index < -0.39 is 81.8 Å². The molecular formula is C63H115N9O18. The van der Waals surface area contributed by atoms with Crippen molar-refractivity contribution in [1.82, 2.24) is 44.5 Å². The molecule has 0 unspecified atom stereocenters. The summed E-state index contributed by atoms with van der Waals surface area (Å²) in [7, 11) is 0. The van der Waals surface area contributed by atoms with Crippen molar-refractivity contribution in [3.8, 4) is 0 Å². The van der Waals surface area contributed by atoms with Gasteiger partial charge in [-0.1, -0.05) is 0 Å². The van der Waals surface area contributed by atoms with Crippen molar-refractivity contribution in [2.24, 2.45) is 5.92 Å². The number of rotatable bonds is 16. The number of nitrogens with zero attached hydrogens (tertiary/aromatic N) is 8. The van der Waals surface area contributed by atoms with Gasteiger partial charge in [0.15, 0.2) is 0 Å². The van der Waals surface area contributed by atoms with Gasteiger partial charge in [-0.3, -0.25) is 77.6 Å². The second-order valence-corrected chi connectivity index (χ2v) is 30.1. The number of aliphatic hydroxyl groups excluding tert-OH is 2. The van der Waals surface area contributed by atoms with Gasteiger partial charge in [0.25, 0.3) is 0 Å². The Hall–Kier alpha value is -4.68. The lowest BCUT2D eigenvalue weighted by atomic mass is 10.0. The Morgan fingerprint density at radius 1 is 0.356 bits per heavy atom. The molecule has 27 nitrogen and oxygen atoms in total. The standard InChI is InChI=1S/C32H58N4O9.C31H57N5O9/c1-30(2,3)43-25(38)20-33-12-14-34(21-26(39)44-31(4,5)6)16-18-36(28-23(29(41)42)10-11-24(28)37)19-17-35(15-13-33)22-27(40)45-32(7,8)9;1-29(2,3)43-23(37)19-33-10-12-34(20-24(38)44-30(4,5)6)14-16-36(22-18-32-26(27(22)40)28(41)42)17-15-35(13-11-33)21-25(39)45-31(7,8)9/h23-24,28,37H,10-22H2,1-9H3,(H,41,42);22,26-27,32,40H,10-21H2,1-9H3,(H,41,42)/t23-,24+,28+;22-,26-,27+/m11/s1. The molecule has 0 bridgehead atoms. The van der Waals surface area contributed by atoms with E-state index in [2.05, 4.69) is 5.32 Å². The van der Waals surface area contributed by atoms with Gasteiger partial charge in [-0.2, -0.15) is 0 Å². The second-order valence-electron chi connectivity index (χ2n) is 30.1. The number of aliphatic carboxylic acids is 2.